The van der Waals surface area contributed by atoms with Gasteiger partial charge in [-0.3, -0.25) is 14.9 Å². The van der Waals surface area contributed by atoms with Gasteiger partial charge in [-0.15, -0.1) is 0 Å². The first-order valence-corrected chi connectivity index (χ1v) is 6.39. The molecule has 0 saturated heterocycles. The van der Waals surface area contributed by atoms with Gasteiger partial charge < -0.3 is 10.5 Å². The van der Waals surface area contributed by atoms with Crippen LogP contribution in [0, 0.1) is 15.9 Å². The molecule has 2 aromatic carbocycles. The van der Waals surface area contributed by atoms with Crippen molar-refractivity contribution in [2.24, 2.45) is 5.73 Å². The van der Waals surface area contributed by atoms with Crippen molar-refractivity contribution in [1.82, 2.24) is 0 Å². The van der Waals surface area contributed by atoms with Crippen molar-refractivity contribution in [3.63, 3.8) is 0 Å². The second-order valence-corrected chi connectivity index (χ2v) is 4.86. The molecule has 2 rings (SSSR count). The number of nitro benzene ring substituents is 1. The molecular formula is C13H8BrFN2O4. The van der Waals surface area contributed by atoms with Gasteiger partial charge in [-0.05, 0) is 24.3 Å². The van der Waals surface area contributed by atoms with Crippen molar-refractivity contribution in [3.05, 3.63) is 62.4 Å². The van der Waals surface area contributed by atoms with E-state index in [0.29, 0.717) is 4.47 Å². The Morgan fingerprint density at radius 1 is 1.29 bits per heavy atom. The van der Waals surface area contributed by atoms with Crippen LogP contribution < -0.4 is 10.5 Å². The monoisotopic (exact) mass is 354 g/mol. The number of rotatable bonds is 4. The van der Waals surface area contributed by atoms with E-state index >= 15 is 0 Å². The van der Waals surface area contributed by atoms with Crippen molar-refractivity contribution in [2.45, 2.75) is 0 Å². The lowest BCUT2D eigenvalue weighted by Crippen LogP contribution is -2.14. The van der Waals surface area contributed by atoms with Gasteiger partial charge in [0.2, 0.25) is 5.75 Å². The number of benzene rings is 2. The number of halogens is 2. The molecule has 0 heterocycles. The van der Waals surface area contributed by atoms with Gasteiger partial charge >= 0.3 is 5.69 Å². The summed E-state index contributed by atoms with van der Waals surface area (Å²) in [4.78, 5) is 21.6. The molecule has 0 aliphatic carbocycles. The van der Waals surface area contributed by atoms with Crippen LogP contribution in [0.15, 0.2) is 40.9 Å². The van der Waals surface area contributed by atoms with Gasteiger partial charge in [0.05, 0.1) is 4.92 Å². The molecule has 8 heteroatoms. The highest BCUT2D eigenvalue weighted by molar-refractivity contribution is 9.10. The molecule has 2 N–H and O–H groups in total. The van der Waals surface area contributed by atoms with Gasteiger partial charge in [0.1, 0.15) is 17.1 Å². The number of ether oxygens (including phenoxy) is 1. The van der Waals surface area contributed by atoms with E-state index in [9.17, 15) is 19.3 Å². The first-order valence-electron chi connectivity index (χ1n) is 5.60. The van der Waals surface area contributed by atoms with Crippen molar-refractivity contribution >= 4 is 27.5 Å². The lowest BCUT2D eigenvalue weighted by molar-refractivity contribution is -0.385. The first kappa shape index (κ1) is 14.9. The smallest absolute Gasteiger partial charge is 0.312 e. The number of nitrogens with zero attached hydrogens (tertiary/aromatic N) is 1. The highest BCUT2D eigenvalue weighted by Gasteiger charge is 2.20. The van der Waals surface area contributed by atoms with E-state index in [1.807, 2.05) is 0 Å². The van der Waals surface area contributed by atoms with Gasteiger partial charge in [0, 0.05) is 10.5 Å². The molecule has 21 heavy (non-hydrogen) atoms. The Morgan fingerprint density at radius 2 is 2.00 bits per heavy atom. The third-order valence-electron chi connectivity index (χ3n) is 2.56. The van der Waals surface area contributed by atoms with E-state index in [0.717, 1.165) is 6.07 Å². The van der Waals surface area contributed by atoms with Gasteiger partial charge in [0.25, 0.3) is 5.91 Å². The Labute approximate surface area is 126 Å². The van der Waals surface area contributed by atoms with E-state index in [-0.39, 0.29) is 17.2 Å². The lowest BCUT2D eigenvalue weighted by Gasteiger charge is -2.10. The number of hydrogen-bond donors (Lipinski definition) is 1. The molecule has 2 aromatic rings. The van der Waals surface area contributed by atoms with E-state index in [2.05, 4.69) is 15.9 Å². The SMILES string of the molecule is NC(=O)c1c(F)cccc1Oc1ccc(Br)cc1[N+](=O)[O-]. The fourth-order valence-corrected chi connectivity index (χ4v) is 2.02. The fourth-order valence-electron chi connectivity index (χ4n) is 1.67. The predicted octanol–water partition coefficient (Wildman–Crippen LogP) is 3.39. The average molecular weight is 355 g/mol. The molecule has 0 radical (unpaired) electrons. The van der Waals surface area contributed by atoms with Crippen molar-refractivity contribution in [2.75, 3.05) is 0 Å². The normalized spacial score (nSPS) is 10.2. The number of nitro groups is 1. The molecule has 0 spiro atoms. The topological polar surface area (TPSA) is 95.5 Å². The Kier molecular flexibility index (Phi) is 4.18. The van der Waals surface area contributed by atoms with Gasteiger partial charge in [-0.25, -0.2) is 4.39 Å². The molecule has 108 valence electrons. The summed E-state index contributed by atoms with van der Waals surface area (Å²) in [5.74, 6) is -2.20. The zero-order valence-electron chi connectivity index (χ0n) is 10.4. The Balaban J connectivity index is 2.51. The van der Waals surface area contributed by atoms with Crippen molar-refractivity contribution < 1.29 is 18.8 Å². The number of hydrogen-bond acceptors (Lipinski definition) is 4. The van der Waals surface area contributed by atoms with Crippen molar-refractivity contribution in [3.8, 4) is 11.5 Å². The summed E-state index contributed by atoms with van der Waals surface area (Å²) in [6, 6.07) is 7.74. The van der Waals surface area contributed by atoms with Crippen LogP contribution in [-0.2, 0) is 0 Å². The zero-order valence-corrected chi connectivity index (χ0v) is 12.0. The van der Waals surface area contributed by atoms with Crippen LogP contribution in [-0.4, -0.2) is 10.8 Å². The average Bonchev–Trinajstić information content (AvgIpc) is 2.40. The summed E-state index contributed by atoms with van der Waals surface area (Å²) in [6.45, 7) is 0. The maximum atomic E-state index is 13.6. The maximum Gasteiger partial charge on any atom is 0.312 e. The molecule has 0 unspecified atom stereocenters. The third-order valence-corrected chi connectivity index (χ3v) is 3.05. The largest absolute Gasteiger partial charge is 0.449 e. The predicted molar refractivity (Wildman–Crippen MR) is 75.8 cm³/mol. The molecule has 0 aliphatic heterocycles. The van der Waals surface area contributed by atoms with Crippen LogP contribution >= 0.6 is 15.9 Å². The van der Waals surface area contributed by atoms with E-state index < -0.39 is 22.2 Å². The van der Waals surface area contributed by atoms with Crippen LogP contribution in [0.2, 0.25) is 0 Å². The quantitative estimate of drug-likeness (QED) is 0.672. The summed E-state index contributed by atoms with van der Waals surface area (Å²) in [6.07, 6.45) is 0. The number of amides is 1. The molecule has 1 amide bonds. The minimum Gasteiger partial charge on any atom is -0.449 e. The van der Waals surface area contributed by atoms with Crippen LogP contribution in [0.5, 0.6) is 11.5 Å². The van der Waals surface area contributed by atoms with Gasteiger partial charge in [-0.2, -0.15) is 0 Å². The Morgan fingerprint density at radius 3 is 2.62 bits per heavy atom. The summed E-state index contributed by atoms with van der Waals surface area (Å²) in [5, 5.41) is 11.0. The lowest BCUT2D eigenvalue weighted by atomic mass is 10.1. The first-order chi connectivity index (χ1) is 9.90. The Hall–Kier alpha value is -2.48. The number of nitrogens with two attached hydrogens (primary N) is 1. The summed E-state index contributed by atoms with van der Waals surface area (Å²) in [5.41, 5.74) is 4.30. The molecule has 0 fully saturated rings. The van der Waals surface area contributed by atoms with Crippen LogP contribution in [0.4, 0.5) is 10.1 Å². The highest BCUT2D eigenvalue weighted by Crippen LogP contribution is 2.35. The van der Waals surface area contributed by atoms with Crippen LogP contribution in [0.1, 0.15) is 10.4 Å². The second kappa shape index (κ2) is 5.88. The Bertz CT molecular complexity index is 736. The van der Waals surface area contributed by atoms with E-state index in [1.165, 1.54) is 30.3 Å². The standard InChI is InChI=1S/C13H8BrFN2O4/c14-7-4-5-10(9(6-7)17(19)20)21-11-3-1-2-8(15)12(11)13(16)18/h1-6H,(H2,16,18). The van der Waals surface area contributed by atoms with Gasteiger partial charge in [0.15, 0.2) is 0 Å². The number of primary amides is 1. The summed E-state index contributed by atoms with van der Waals surface area (Å²) < 4.78 is 19.4. The summed E-state index contributed by atoms with van der Waals surface area (Å²) >= 11 is 3.11. The minimum atomic E-state index is -1.03. The fraction of sp³-hybridized carbons (Fsp3) is 0. The third kappa shape index (κ3) is 3.16. The van der Waals surface area contributed by atoms with E-state index in [4.69, 9.17) is 10.5 Å². The zero-order chi connectivity index (χ0) is 15.6. The molecule has 0 aliphatic rings. The van der Waals surface area contributed by atoms with Crippen LogP contribution in [0.25, 0.3) is 0 Å². The van der Waals surface area contributed by atoms with E-state index in [1.54, 1.807) is 0 Å². The molecule has 0 aromatic heterocycles. The minimum absolute atomic E-state index is 0.128. The van der Waals surface area contributed by atoms with Gasteiger partial charge in [-0.1, -0.05) is 22.0 Å². The number of carbonyl (C=O) groups excluding carboxylic acids is 1. The van der Waals surface area contributed by atoms with Crippen LogP contribution in [0.3, 0.4) is 0 Å². The number of carbonyl (C=O) groups is 1. The molecule has 0 atom stereocenters. The molecular weight excluding hydrogens is 347 g/mol. The summed E-state index contributed by atoms with van der Waals surface area (Å²) in [7, 11) is 0. The second-order valence-electron chi connectivity index (χ2n) is 3.95. The highest BCUT2D eigenvalue weighted by atomic mass is 79.9. The van der Waals surface area contributed by atoms with Crippen molar-refractivity contribution in [1.29, 1.82) is 0 Å². The maximum absolute atomic E-state index is 13.6. The molecule has 0 saturated carbocycles. The molecule has 6 nitrogen and oxygen atoms in total. The molecule has 0 bridgehead atoms.